The summed E-state index contributed by atoms with van der Waals surface area (Å²) < 4.78 is 0. The Hall–Kier alpha value is -1.39. The molecule has 2 heterocycles. The Morgan fingerprint density at radius 1 is 1.38 bits per heavy atom. The van der Waals surface area contributed by atoms with Crippen LogP contribution in [-0.4, -0.2) is 43.0 Å². The smallest absolute Gasteiger partial charge is 0.234 e. The van der Waals surface area contributed by atoms with Crippen LogP contribution in [-0.2, 0) is 4.79 Å². The van der Waals surface area contributed by atoms with Crippen LogP contribution >= 0.6 is 0 Å². The quantitative estimate of drug-likeness (QED) is 0.883. The molecule has 2 fully saturated rings. The van der Waals surface area contributed by atoms with Gasteiger partial charge < -0.3 is 10.6 Å². The molecule has 3 atom stereocenters. The zero-order chi connectivity index (χ0) is 14.7. The summed E-state index contributed by atoms with van der Waals surface area (Å²) in [5, 5.41) is 6.68. The number of hydrogen-bond donors (Lipinski definition) is 2. The molecule has 2 saturated heterocycles. The van der Waals surface area contributed by atoms with Gasteiger partial charge in [0.15, 0.2) is 0 Å². The van der Waals surface area contributed by atoms with Crippen LogP contribution in [0.15, 0.2) is 30.3 Å². The highest BCUT2D eigenvalue weighted by molar-refractivity contribution is 5.78. The molecule has 2 aliphatic rings. The molecule has 4 heteroatoms. The second-order valence-electron chi connectivity index (χ2n) is 6.36. The van der Waals surface area contributed by atoms with Crippen molar-refractivity contribution in [2.45, 2.75) is 31.8 Å². The van der Waals surface area contributed by atoms with E-state index in [1.54, 1.807) is 0 Å². The molecule has 1 unspecified atom stereocenters. The molecule has 0 saturated carbocycles. The SMILES string of the molecule is CC(NC(=O)CN1C[C@@H]2CCCN[C@@H]2C1)c1ccccc1. The maximum absolute atomic E-state index is 12.2. The van der Waals surface area contributed by atoms with E-state index in [4.69, 9.17) is 0 Å². The first-order chi connectivity index (χ1) is 10.2. The van der Waals surface area contributed by atoms with Crippen molar-refractivity contribution < 1.29 is 4.79 Å². The average molecular weight is 287 g/mol. The molecule has 2 N–H and O–H groups in total. The van der Waals surface area contributed by atoms with Crippen molar-refractivity contribution in [1.82, 2.24) is 15.5 Å². The highest BCUT2D eigenvalue weighted by atomic mass is 16.2. The molecular formula is C17H25N3O. The molecule has 1 aromatic carbocycles. The third-order valence-electron chi connectivity index (χ3n) is 4.72. The lowest BCUT2D eigenvalue weighted by molar-refractivity contribution is -0.122. The minimum absolute atomic E-state index is 0.0710. The van der Waals surface area contributed by atoms with Crippen molar-refractivity contribution in [3.8, 4) is 0 Å². The van der Waals surface area contributed by atoms with Gasteiger partial charge in [-0.2, -0.15) is 0 Å². The number of likely N-dealkylation sites (tertiary alicyclic amines) is 1. The highest BCUT2D eigenvalue weighted by Gasteiger charge is 2.34. The highest BCUT2D eigenvalue weighted by Crippen LogP contribution is 2.24. The van der Waals surface area contributed by atoms with Crippen molar-refractivity contribution in [2.75, 3.05) is 26.2 Å². The number of fused-ring (bicyclic) bond motifs is 1. The molecule has 1 aromatic rings. The summed E-state index contributed by atoms with van der Waals surface area (Å²) in [4.78, 5) is 14.5. The maximum atomic E-state index is 12.2. The van der Waals surface area contributed by atoms with Crippen LogP contribution < -0.4 is 10.6 Å². The predicted octanol–water partition coefficient (Wildman–Crippen LogP) is 1.55. The summed E-state index contributed by atoms with van der Waals surface area (Å²) in [6, 6.07) is 10.8. The second kappa shape index (κ2) is 6.58. The van der Waals surface area contributed by atoms with Crippen molar-refractivity contribution in [3.63, 3.8) is 0 Å². The average Bonchev–Trinajstić information content (AvgIpc) is 2.90. The minimum atomic E-state index is 0.0710. The van der Waals surface area contributed by atoms with Crippen LogP contribution in [0.2, 0.25) is 0 Å². The Bertz CT molecular complexity index is 462. The molecule has 0 radical (unpaired) electrons. The van der Waals surface area contributed by atoms with Crippen molar-refractivity contribution in [2.24, 2.45) is 5.92 Å². The number of carbonyl (C=O) groups excluding carboxylic acids is 1. The van der Waals surface area contributed by atoms with E-state index in [1.807, 2.05) is 25.1 Å². The standard InChI is InChI=1S/C17H25N3O/c1-13(14-6-3-2-4-7-14)19-17(21)12-20-10-15-8-5-9-18-16(15)11-20/h2-4,6-7,13,15-16,18H,5,8-12H2,1H3,(H,19,21)/t13?,15-,16+/m0/s1. The van der Waals surface area contributed by atoms with E-state index in [1.165, 1.54) is 12.8 Å². The first-order valence-corrected chi connectivity index (χ1v) is 8.02. The van der Waals surface area contributed by atoms with E-state index < -0.39 is 0 Å². The summed E-state index contributed by atoms with van der Waals surface area (Å²) in [5.74, 6) is 0.864. The number of rotatable bonds is 4. The normalized spacial score (nSPS) is 27.1. The predicted molar refractivity (Wildman–Crippen MR) is 84.0 cm³/mol. The van der Waals surface area contributed by atoms with Crippen LogP contribution in [0, 0.1) is 5.92 Å². The minimum Gasteiger partial charge on any atom is -0.348 e. The van der Waals surface area contributed by atoms with Gasteiger partial charge >= 0.3 is 0 Å². The van der Waals surface area contributed by atoms with E-state index in [-0.39, 0.29) is 11.9 Å². The molecule has 0 aliphatic carbocycles. The Labute approximate surface area is 126 Å². The van der Waals surface area contributed by atoms with Crippen molar-refractivity contribution >= 4 is 5.91 Å². The molecule has 1 amide bonds. The Balaban J connectivity index is 1.48. The Kier molecular flexibility index (Phi) is 4.56. The maximum Gasteiger partial charge on any atom is 0.234 e. The van der Waals surface area contributed by atoms with Crippen LogP contribution in [0.3, 0.4) is 0 Å². The lowest BCUT2D eigenvalue weighted by atomic mass is 9.94. The number of carbonyl (C=O) groups is 1. The summed E-state index contributed by atoms with van der Waals surface area (Å²) in [5.41, 5.74) is 1.16. The largest absolute Gasteiger partial charge is 0.348 e. The molecular weight excluding hydrogens is 262 g/mol. The summed E-state index contributed by atoms with van der Waals surface area (Å²) >= 11 is 0. The van der Waals surface area contributed by atoms with E-state index in [9.17, 15) is 4.79 Å². The monoisotopic (exact) mass is 287 g/mol. The van der Waals surface area contributed by atoms with E-state index in [0.717, 1.165) is 31.1 Å². The van der Waals surface area contributed by atoms with Crippen molar-refractivity contribution in [3.05, 3.63) is 35.9 Å². The fourth-order valence-corrected chi connectivity index (χ4v) is 3.58. The topological polar surface area (TPSA) is 44.4 Å². The molecule has 0 spiro atoms. The van der Waals surface area contributed by atoms with Gasteiger partial charge in [0, 0.05) is 19.1 Å². The van der Waals surface area contributed by atoms with Crippen LogP contribution in [0.5, 0.6) is 0 Å². The van der Waals surface area contributed by atoms with Crippen molar-refractivity contribution in [1.29, 1.82) is 0 Å². The molecule has 114 valence electrons. The van der Waals surface area contributed by atoms with Gasteiger partial charge in [-0.05, 0) is 37.8 Å². The third-order valence-corrected chi connectivity index (χ3v) is 4.72. The molecule has 4 nitrogen and oxygen atoms in total. The lowest BCUT2D eigenvalue weighted by Gasteiger charge is -2.24. The summed E-state index contributed by atoms with van der Waals surface area (Å²) in [7, 11) is 0. The number of amides is 1. The van der Waals surface area contributed by atoms with Gasteiger partial charge in [0.2, 0.25) is 5.91 Å². The second-order valence-corrected chi connectivity index (χ2v) is 6.36. The molecule has 0 aromatic heterocycles. The third kappa shape index (κ3) is 3.63. The fraction of sp³-hybridized carbons (Fsp3) is 0.588. The summed E-state index contributed by atoms with van der Waals surface area (Å²) in [6.07, 6.45) is 2.57. The van der Waals surface area contributed by atoms with Gasteiger partial charge in [0.05, 0.1) is 12.6 Å². The van der Waals surface area contributed by atoms with Crippen LogP contribution in [0.4, 0.5) is 0 Å². The number of nitrogens with one attached hydrogen (secondary N) is 2. The molecule has 3 rings (SSSR count). The number of hydrogen-bond acceptors (Lipinski definition) is 3. The van der Waals surface area contributed by atoms with Gasteiger partial charge in [0.25, 0.3) is 0 Å². The summed E-state index contributed by atoms with van der Waals surface area (Å²) in [6.45, 7) is 5.76. The van der Waals surface area contributed by atoms with Gasteiger partial charge in [0.1, 0.15) is 0 Å². The first kappa shape index (κ1) is 14.5. The molecule has 2 aliphatic heterocycles. The van der Waals surface area contributed by atoms with Gasteiger partial charge in [-0.25, -0.2) is 0 Å². The van der Waals surface area contributed by atoms with Gasteiger partial charge in [-0.1, -0.05) is 30.3 Å². The van der Waals surface area contributed by atoms with Crippen LogP contribution in [0.1, 0.15) is 31.4 Å². The van der Waals surface area contributed by atoms with E-state index in [2.05, 4.69) is 27.7 Å². The molecule has 0 bridgehead atoms. The Morgan fingerprint density at radius 2 is 2.19 bits per heavy atom. The zero-order valence-electron chi connectivity index (χ0n) is 12.7. The van der Waals surface area contributed by atoms with Crippen LogP contribution in [0.25, 0.3) is 0 Å². The Morgan fingerprint density at radius 3 is 2.95 bits per heavy atom. The van der Waals surface area contributed by atoms with E-state index in [0.29, 0.717) is 12.6 Å². The van der Waals surface area contributed by atoms with E-state index >= 15 is 0 Å². The molecule has 21 heavy (non-hydrogen) atoms. The zero-order valence-corrected chi connectivity index (χ0v) is 12.7. The number of benzene rings is 1. The van der Waals surface area contributed by atoms with Gasteiger partial charge in [-0.15, -0.1) is 0 Å². The number of nitrogens with zero attached hydrogens (tertiary/aromatic N) is 1. The lowest BCUT2D eigenvalue weighted by Crippen LogP contribution is -2.41. The van der Waals surface area contributed by atoms with Gasteiger partial charge in [-0.3, -0.25) is 9.69 Å². The fourth-order valence-electron chi connectivity index (χ4n) is 3.58. The number of piperidine rings is 1. The first-order valence-electron chi connectivity index (χ1n) is 8.02.